The van der Waals surface area contributed by atoms with Crippen molar-refractivity contribution in [3.63, 3.8) is 0 Å². The normalized spacial score (nSPS) is 16.6. The Kier molecular flexibility index (Phi) is 7.27. The van der Waals surface area contributed by atoms with Gasteiger partial charge in [0.05, 0.1) is 27.2 Å². The van der Waals surface area contributed by atoms with Gasteiger partial charge in [-0.25, -0.2) is 0 Å². The molecule has 1 unspecified atom stereocenters. The first-order chi connectivity index (χ1) is 10.2. The van der Waals surface area contributed by atoms with Crippen LogP contribution in [0.15, 0.2) is 12.1 Å². The van der Waals surface area contributed by atoms with Gasteiger partial charge in [-0.05, 0) is 25.1 Å². The lowest BCUT2D eigenvalue weighted by Gasteiger charge is -2.16. The molecule has 1 aromatic carbocycles. The first kappa shape index (κ1) is 18.4. The van der Waals surface area contributed by atoms with Crippen LogP contribution in [0, 0.1) is 5.92 Å². The average Bonchev–Trinajstić information content (AvgIpc) is 3.05. The lowest BCUT2D eigenvalue weighted by molar-refractivity contribution is -0.124. The van der Waals surface area contributed by atoms with Crippen molar-refractivity contribution in [2.75, 3.05) is 34.4 Å². The van der Waals surface area contributed by atoms with Crippen LogP contribution in [-0.4, -0.2) is 40.3 Å². The number of carbonyl (C=O) groups is 1. The molecule has 0 aromatic heterocycles. The number of benzene rings is 1. The summed E-state index contributed by atoms with van der Waals surface area (Å²) in [5, 5.41) is 6.13. The molecule has 2 N–H and O–H groups in total. The number of carbonyl (C=O) groups excluding carboxylic acids is 1. The van der Waals surface area contributed by atoms with Gasteiger partial charge in [0.1, 0.15) is 0 Å². The SMILES string of the molecule is COc1ccc(CNC(=O)C2CCNC2)c(OC)c1OC.Cl. The van der Waals surface area contributed by atoms with Gasteiger partial charge in [0.15, 0.2) is 11.5 Å². The van der Waals surface area contributed by atoms with Gasteiger partial charge in [-0.3, -0.25) is 4.79 Å². The van der Waals surface area contributed by atoms with Crippen LogP contribution in [0.5, 0.6) is 17.2 Å². The van der Waals surface area contributed by atoms with Gasteiger partial charge in [-0.1, -0.05) is 0 Å². The maximum Gasteiger partial charge on any atom is 0.224 e. The van der Waals surface area contributed by atoms with Crippen LogP contribution in [0.3, 0.4) is 0 Å². The molecule has 1 atom stereocenters. The molecule has 124 valence electrons. The first-order valence-electron chi connectivity index (χ1n) is 6.97. The Morgan fingerprint density at radius 2 is 1.95 bits per heavy atom. The molecule has 2 rings (SSSR count). The van der Waals surface area contributed by atoms with Gasteiger partial charge in [0, 0.05) is 18.7 Å². The summed E-state index contributed by atoms with van der Waals surface area (Å²) in [7, 11) is 4.71. The van der Waals surface area contributed by atoms with Gasteiger partial charge in [0.2, 0.25) is 11.7 Å². The van der Waals surface area contributed by atoms with Crippen LogP contribution >= 0.6 is 12.4 Å². The molecular formula is C15H23ClN2O4. The van der Waals surface area contributed by atoms with E-state index in [1.165, 1.54) is 0 Å². The maximum atomic E-state index is 12.0. The lowest BCUT2D eigenvalue weighted by atomic mass is 10.1. The molecule has 22 heavy (non-hydrogen) atoms. The Hall–Kier alpha value is -1.66. The number of ether oxygens (including phenoxy) is 3. The molecule has 7 heteroatoms. The third-order valence-electron chi connectivity index (χ3n) is 3.67. The predicted molar refractivity (Wildman–Crippen MR) is 86.2 cm³/mol. The van der Waals surface area contributed by atoms with E-state index < -0.39 is 0 Å². The quantitative estimate of drug-likeness (QED) is 0.824. The maximum absolute atomic E-state index is 12.0. The summed E-state index contributed by atoms with van der Waals surface area (Å²) in [6.07, 6.45) is 0.884. The summed E-state index contributed by atoms with van der Waals surface area (Å²) < 4.78 is 16.0. The lowest BCUT2D eigenvalue weighted by Crippen LogP contribution is -2.31. The fraction of sp³-hybridized carbons (Fsp3) is 0.533. The van der Waals surface area contributed by atoms with Crippen molar-refractivity contribution in [1.29, 1.82) is 0 Å². The number of halogens is 1. The van der Waals surface area contributed by atoms with E-state index in [4.69, 9.17) is 14.2 Å². The Morgan fingerprint density at radius 1 is 1.23 bits per heavy atom. The highest BCUT2D eigenvalue weighted by atomic mass is 35.5. The summed E-state index contributed by atoms with van der Waals surface area (Å²) in [6.45, 7) is 2.05. The molecule has 1 aromatic rings. The molecule has 0 spiro atoms. The van der Waals surface area contributed by atoms with Gasteiger partial charge < -0.3 is 24.8 Å². The molecule has 0 aliphatic carbocycles. The highest BCUT2D eigenvalue weighted by Crippen LogP contribution is 2.39. The second-order valence-corrected chi connectivity index (χ2v) is 4.90. The van der Waals surface area contributed by atoms with Gasteiger partial charge in [-0.2, -0.15) is 0 Å². The highest BCUT2D eigenvalue weighted by Gasteiger charge is 2.23. The van der Waals surface area contributed by atoms with Gasteiger partial charge >= 0.3 is 0 Å². The molecule has 6 nitrogen and oxygen atoms in total. The van der Waals surface area contributed by atoms with E-state index in [0.717, 1.165) is 25.1 Å². The van der Waals surface area contributed by atoms with Crippen LogP contribution in [0.25, 0.3) is 0 Å². The van der Waals surface area contributed by atoms with E-state index in [0.29, 0.717) is 23.8 Å². The summed E-state index contributed by atoms with van der Waals surface area (Å²) in [5.74, 6) is 1.84. The summed E-state index contributed by atoms with van der Waals surface area (Å²) in [4.78, 5) is 12.0. The zero-order valence-corrected chi connectivity index (χ0v) is 13.9. The van der Waals surface area contributed by atoms with Crippen LogP contribution in [0.4, 0.5) is 0 Å². The van der Waals surface area contributed by atoms with Crippen LogP contribution in [0.1, 0.15) is 12.0 Å². The second-order valence-electron chi connectivity index (χ2n) is 4.90. The summed E-state index contributed by atoms with van der Waals surface area (Å²) in [6, 6.07) is 3.67. The second kappa shape index (κ2) is 8.70. The third kappa shape index (κ3) is 3.96. The van der Waals surface area contributed by atoms with Crippen molar-refractivity contribution in [3.05, 3.63) is 17.7 Å². The average molecular weight is 331 g/mol. The van der Waals surface area contributed by atoms with E-state index in [2.05, 4.69) is 10.6 Å². The van der Waals surface area contributed by atoms with E-state index in [-0.39, 0.29) is 24.2 Å². The Morgan fingerprint density at radius 3 is 2.50 bits per heavy atom. The minimum Gasteiger partial charge on any atom is -0.493 e. The highest BCUT2D eigenvalue weighted by molar-refractivity contribution is 5.85. The fourth-order valence-corrected chi connectivity index (χ4v) is 2.51. The first-order valence-corrected chi connectivity index (χ1v) is 6.97. The number of hydrogen-bond donors (Lipinski definition) is 2. The number of nitrogens with one attached hydrogen (secondary N) is 2. The number of hydrogen-bond acceptors (Lipinski definition) is 5. The van der Waals surface area contributed by atoms with E-state index >= 15 is 0 Å². The van der Waals surface area contributed by atoms with Crippen molar-refractivity contribution < 1.29 is 19.0 Å². The van der Waals surface area contributed by atoms with Gasteiger partial charge in [0.25, 0.3) is 0 Å². The van der Waals surface area contributed by atoms with E-state index in [1.54, 1.807) is 27.4 Å². The minimum atomic E-state index is 0. The van der Waals surface area contributed by atoms with Gasteiger partial charge in [-0.15, -0.1) is 12.4 Å². The van der Waals surface area contributed by atoms with Crippen LogP contribution in [0.2, 0.25) is 0 Å². The van der Waals surface area contributed by atoms with Crippen LogP contribution in [-0.2, 0) is 11.3 Å². The monoisotopic (exact) mass is 330 g/mol. The molecular weight excluding hydrogens is 308 g/mol. The molecule has 1 aliphatic rings. The third-order valence-corrected chi connectivity index (χ3v) is 3.67. The largest absolute Gasteiger partial charge is 0.493 e. The number of rotatable bonds is 6. The molecule has 1 amide bonds. The van der Waals surface area contributed by atoms with E-state index in [1.807, 2.05) is 6.07 Å². The fourth-order valence-electron chi connectivity index (χ4n) is 2.51. The smallest absolute Gasteiger partial charge is 0.224 e. The topological polar surface area (TPSA) is 68.8 Å². The molecule has 1 fully saturated rings. The van der Waals surface area contributed by atoms with Crippen molar-refractivity contribution in [2.24, 2.45) is 5.92 Å². The Bertz CT molecular complexity index is 505. The van der Waals surface area contributed by atoms with Crippen LogP contribution < -0.4 is 24.8 Å². The van der Waals surface area contributed by atoms with E-state index in [9.17, 15) is 4.79 Å². The zero-order chi connectivity index (χ0) is 15.2. The standard InChI is InChI=1S/C15H22N2O4.ClH/c1-19-12-5-4-10(13(20-2)14(12)21-3)9-17-15(18)11-6-7-16-8-11;/h4-5,11,16H,6-9H2,1-3H3,(H,17,18);1H. The predicted octanol–water partition coefficient (Wildman–Crippen LogP) is 1.36. The zero-order valence-electron chi connectivity index (χ0n) is 13.1. The Balaban J connectivity index is 0.00000242. The van der Waals surface area contributed by atoms with Crippen molar-refractivity contribution >= 4 is 18.3 Å². The minimum absolute atomic E-state index is 0. The molecule has 0 radical (unpaired) electrons. The van der Waals surface area contributed by atoms with Crippen molar-refractivity contribution in [2.45, 2.75) is 13.0 Å². The Labute approximate surface area is 136 Å². The van der Waals surface area contributed by atoms with Crippen molar-refractivity contribution in [3.8, 4) is 17.2 Å². The summed E-state index contributed by atoms with van der Waals surface area (Å²) >= 11 is 0. The van der Waals surface area contributed by atoms with Crippen molar-refractivity contribution in [1.82, 2.24) is 10.6 Å². The molecule has 0 saturated carbocycles. The molecule has 1 saturated heterocycles. The number of amides is 1. The summed E-state index contributed by atoms with van der Waals surface area (Å²) in [5.41, 5.74) is 0.856. The molecule has 1 aliphatic heterocycles. The molecule has 1 heterocycles. The number of methoxy groups -OCH3 is 3. The molecule has 0 bridgehead atoms.